The van der Waals surface area contributed by atoms with Crippen molar-refractivity contribution < 1.29 is 0 Å². The maximum absolute atomic E-state index is 3.57. The molecule has 0 aromatic heterocycles. The van der Waals surface area contributed by atoms with E-state index in [9.17, 15) is 0 Å². The molecule has 0 spiro atoms. The van der Waals surface area contributed by atoms with Gasteiger partial charge in [0.1, 0.15) is 0 Å². The SMILES string of the molecule is CCNCC1CCCCN1CC1CC2CCC1C2. The van der Waals surface area contributed by atoms with Crippen LogP contribution in [0.5, 0.6) is 0 Å². The molecule has 3 fully saturated rings. The maximum Gasteiger partial charge on any atom is 0.0220 e. The van der Waals surface area contributed by atoms with Crippen LogP contribution in [0.25, 0.3) is 0 Å². The van der Waals surface area contributed by atoms with Crippen LogP contribution >= 0.6 is 0 Å². The molecule has 1 heterocycles. The number of nitrogens with zero attached hydrogens (tertiary/aromatic N) is 1. The molecule has 0 aromatic carbocycles. The fourth-order valence-electron chi connectivity index (χ4n) is 4.74. The molecule has 2 heteroatoms. The first-order valence-electron chi connectivity index (χ1n) is 8.31. The van der Waals surface area contributed by atoms with Gasteiger partial charge in [-0.25, -0.2) is 0 Å². The highest BCUT2D eigenvalue weighted by Crippen LogP contribution is 2.48. The molecule has 4 atom stereocenters. The summed E-state index contributed by atoms with van der Waals surface area (Å²) < 4.78 is 0. The molecule has 2 bridgehead atoms. The van der Waals surface area contributed by atoms with Gasteiger partial charge < -0.3 is 5.32 Å². The van der Waals surface area contributed by atoms with Gasteiger partial charge in [0.2, 0.25) is 0 Å². The van der Waals surface area contributed by atoms with Crippen molar-refractivity contribution in [2.45, 2.75) is 57.9 Å². The molecule has 2 aliphatic carbocycles. The fourth-order valence-corrected chi connectivity index (χ4v) is 4.74. The molecular weight excluding hydrogens is 220 g/mol. The molecular formula is C16H30N2. The minimum Gasteiger partial charge on any atom is -0.315 e. The van der Waals surface area contributed by atoms with Gasteiger partial charge in [0, 0.05) is 19.1 Å². The predicted molar refractivity (Wildman–Crippen MR) is 76.7 cm³/mol. The highest BCUT2D eigenvalue weighted by molar-refractivity contribution is 4.92. The van der Waals surface area contributed by atoms with Crippen molar-refractivity contribution in [3.05, 3.63) is 0 Å². The number of hydrogen-bond acceptors (Lipinski definition) is 2. The van der Waals surface area contributed by atoms with Gasteiger partial charge in [-0.3, -0.25) is 4.90 Å². The zero-order chi connectivity index (χ0) is 12.4. The van der Waals surface area contributed by atoms with Gasteiger partial charge in [-0.15, -0.1) is 0 Å². The molecule has 2 nitrogen and oxygen atoms in total. The van der Waals surface area contributed by atoms with Crippen molar-refractivity contribution in [2.24, 2.45) is 17.8 Å². The highest BCUT2D eigenvalue weighted by Gasteiger charge is 2.40. The van der Waals surface area contributed by atoms with Crippen LogP contribution in [-0.2, 0) is 0 Å². The van der Waals surface area contributed by atoms with Crippen molar-refractivity contribution in [1.29, 1.82) is 0 Å². The average Bonchev–Trinajstić information content (AvgIpc) is 3.00. The lowest BCUT2D eigenvalue weighted by Crippen LogP contribution is -2.47. The van der Waals surface area contributed by atoms with Crippen LogP contribution in [0, 0.1) is 17.8 Å². The first kappa shape index (κ1) is 12.9. The Morgan fingerprint density at radius 3 is 2.78 bits per heavy atom. The molecule has 1 saturated heterocycles. The minimum atomic E-state index is 0.831. The lowest BCUT2D eigenvalue weighted by Gasteiger charge is -2.39. The first-order chi connectivity index (χ1) is 8.86. The average molecular weight is 250 g/mol. The summed E-state index contributed by atoms with van der Waals surface area (Å²) in [5.41, 5.74) is 0. The maximum atomic E-state index is 3.57. The van der Waals surface area contributed by atoms with Crippen LogP contribution in [-0.4, -0.2) is 37.1 Å². The van der Waals surface area contributed by atoms with Crippen LogP contribution in [0.4, 0.5) is 0 Å². The lowest BCUT2D eigenvalue weighted by atomic mass is 9.87. The van der Waals surface area contributed by atoms with E-state index in [-0.39, 0.29) is 0 Å². The van der Waals surface area contributed by atoms with E-state index in [0.29, 0.717) is 0 Å². The molecule has 0 radical (unpaired) electrons. The fraction of sp³-hybridized carbons (Fsp3) is 1.00. The monoisotopic (exact) mass is 250 g/mol. The topological polar surface area (TPSA) is 15.3 Å². The standard InChI is InChI=1S/C16H30N2/c1-2-17-11-16-5-3-4-8-18(16)12-15-10-13-6-7-14(15)9-13/h13-17H,2-12H2,1H3. The summed E-state index contributed by atoms with van der Waals surface area (Å²) in [6.07, 6.45) is 10.5. The number of hydrogen-bond donors (Lipinski definition) is 1. The van der Waals surface area contributed by atoms with Crippen LogP contribution in [0.3, 0.4) is 0 Å². The number of likely N-dealkylation sites (tertiary alicyclic amines) is 1. The number of rotatable bonds is 5. The summed E-state index contributed by atoms with van der Waals surface area (Å²) in [4.78, 5) is 2.83. The van der Waals surface area contributed by atoms with Gasteiger partial charge in [-0.1, -0.05) is 19.8 Å². The van der Waals surface area contributed by atoms with Gasteiger partial charge in [0.05, 0.1) is 0 Å². The van der Waals surface area contributed by atoms with Gasteiger partial charge in [-0.05, 0) is 62.9 Å². The summed E-state index contributed by atoms with van der Waals surface area (Å²) in [5, 5.41) is 3.57. The summed E-state index contributed by atoms with van der Waals surface area (Å²) in [6.45, 7) is 7.35. The van der Waals surface area contributed by atoms with Crippen molar-refractivity contribution in [3.63, 3.8) is 0 Å². The molecule has 3 aliphatic rings. The molecule has 4 unspecified atom stereocenters. The normalized spacial score (nSPS) is 40.5. The van der Waals surface area contributed by atoms with Crippen LogP contribution in [0.2, 0.25) is 0 Å². The first-order valence-corrected chi connectivity index (χ1v) is 8.31. The van der Waals surface area contributed by atoms with Crippen LogP contribution < -0.4 is 5.32 Å². The highest BCUT2D eigenvalue weighted by atomic mass is 15.2. The van der Waals surface area contributed by atoms with Gasteiger partial charge in [-0.2, -0.15) is 0 Å². The molecule has 0 amide bonds. The smallest absolute Gasteiger partial charge is 0.0220 e. The molecule has 104 valence electrons. The van der Waals surface area contributed by atoms with Gasteiger partial charge in [0.15, 0.2) is 0 Å². The Morgan fingerprint density at radius 1 is 1.11 bits per heavy atom. The van der Waals surface area contributed by atoms with E-state index >= 15 is 0 Å². The zero-order valence-corrected chi connectivity index (χ0v) is 12.0. The molecule has 1 aliphatic heterocycles. The molecule has 2 saturated carbocycles. The number of nitrogens with one attached hydrogen (secondary N) is 1. The number of fused-ring (bicyclic) bond motifs is 2. The lowest BCUT2D eigenvalue weighted by molar-refractivity contribution is 0.107. The quantitative estimate of drug-likeness (QED) is 0.807. The van der Waals surface area contributed by atoms with E-state index in [1.165, 1.54) is 38.9 Å². The number of piperidine rings is 1. The third-order valence-electron chi connectivity index (χ3n) is 5.73. The predicted octanol–water partition coefficient (Wildman–Crippen LogP) is 2.89. The second-order valence-corrected chi connectivity index (χ2v) is 6.89. The Kier molecular flexibility index (Phi) is 4.25. The Bertz CT molecular complexity index is 266. The second kappa shape index (κ2) is 5.92. The van der Waals surface area contributed by atoms with Gasteiger partial charge >= 0.3 is 0 Å². The molecule has 0 aromatic rings. The summed E-state index contributed by atoms with van der Waals surface area (Å²) in [6, 6.07) is 0.831. The Labute approximate surface area is 113 Å². The molecule has 3 rings (SSSR count). The van der Waals surface area contributed by atoms with E-state index in [2.05, 4.69) is 17.1 Å². The van der Waals surface area contributed by atoms with Crippen molar-refractivity contribution in [3.8, 4) is 0 Å². The van der Waals surface area contributed by atoms with Crippen LogP contribution in [0.15, 0.2) is 0 Å². The second-order valence-electron chi connectivity index (χ2n) is 6.89. The Balaban J connectivity index is 1.52. The Morgan fingerprint density at radius 2 is 2.06 bits per heavy atom. The summed E-state index contributed by atoms with van der Waals surface area (Å²) in [7, 11) is 0. The molecule has 18 heavy (non-hydrogen) atoms. The molecule has 1 N–H and O–H groups in total. The van der Waals surface area contributed by atoms with E-state index < -0.39 is 0 Å². The summed E-state index contributed by atoms with van der Waals surface area (Å²) >= 11 is 0. The van der Waals surface area contributed by atoms with E-state index in [4.69, 9.17) is 0 Å². The third-order valence-corrected chi connectivity index (χ3v) is 5.73. The van der Waals surface area contributed by atoms with Crippen molar-refractivity contribution in [1.82, 2.24) is 10.2 Å². The summed E-state index contributed by atoms with van der Waals surface area (Å²) in [5.74, 6) is 3.25. The van der Waals surface area contributed by atoms with Gasteiger partial charge in [0.25, 0.3) is 0 Å². The van der Waals surface area contributed by atoms with Crippen molar-refractivity contribution in [2.75, 3.05) is 26.2 Å². The largest absolute Gasteiger partial charge is 0.315 e. The zero-order valence-electron chi connectivity index (χ0n) is 12.0. The Hall–Kier alpha value is -0.0800. The van der Waals surface area contributed by atoms with Crippen LogP contribution in [0.1, 0.15) is 51.9 Å². The van der Waals surface area contributed by atoms with E-state index in [1.807, 2.05) is 0 Å². The van der Waals surface area contributed by atoms with E-state index in [0.717, 1.165) is 30.3 Å². The van der Waals surface area contributed by atoms with E-state index in [1.54, 1.807) is 25.7 Å². The minimum absolute atomic E-state index is 0.831. The third kappa shape index (κ3) is 2.75. The number of likely N-dealkylation sites (N-methyl/N-ethyl adjacent to an activating group) is 1. The van der Waals surface area contributed by atoms with Crippen molar-refractivity contribution >= 4 is 0 Å².